The molecule has 26 heavy (non-hydrogen) atoms. The van der Waals surface area contributed by atoms with Gasteiger partial charge in [-0.1, -0.05) is 36.4 Å². The number of alkyl halides is 3. The summed E-state index contributed by atoms with van der Waals surface area (Å²) in [5, 5.41) is 0.679. The first-order valence-corrected chi connectivity index (χ1v) is 8.48. The van der Waals surface area contributed by atoms with E-state index in [4.69, 9.17) is 11.6 Å². The molecule has 2 rings (SSSR count). The fourth-order valence-corrected chi connectivity index (χ4v) is 2.94. The van der Waals surface area contributed by atoms with Crippen LogP contribution in [0.1, 0.15) is 27.8 Å². The van der Waals surface area contributed by atoms with Crippen LogP contribution in [0.4, 0.5) is 13.2 Å². The Morgan fingerprint density at radius 3 is 2.27 bits per heavy atom. The van der Waals surface area contributed by atoms with Crippen molar-refractivity contribution in [2.45, 2.75) is 26.6 Å². The summed E-state index contributed by atoms with van der Waals surface area (Å²) in [6.45, 7) is 8.17. The topological polar surface area (TPSA) is 3.24 Å². The van der Waals surface area contributed by atoms with Gasteiger partial charge in [0.2, 0.25) is 0 Å². The van der Waals surface area contributed by atoms with E-state index in [0.29, 0.717) is 11.6 Å². The van der Waals surface area contributed by atoms with Crippen molar-refractivity contribution in [3.8, 4) is 0 Å². The zero-order valence-electron chi connectivity index (χ0n) is 15.0. The van der Waals surface area contributed by atoms with E-state index < -0.39 is 11.7 Å². The van der Waals surface area contributed by atoms with Gasteiger partial charge in [0.1, 0.15) is 0 Å². The Morgan fingerprint density at radius 1 is 1.15 bits per heavy atom. The van der Waals surface area contributed by atoms with E-state index in [1.807, 2.05) is 44.0 Å². The Balaban J connectivity index is 2.28. The number of allylic oxidation sites excluding steroid dienone is 2. The number of hydrogen-bond acceptors (Lipinski definition) is 1. The van der Waals surface area contributed by atoms with Crippen molar-refractivity contribution in [3.63, 3.8) is 0 Å². The van der Waals surface area contributed by atoms with Crippen molar-refractivity contribution >= 4 is 17.3 Å². The van der Waals surface area contributed by atoms with Crippen molar-refractivity contribution in [1.82, 2.24) is 4.90 Å². The van der Waals surface area contributed by atoms with E-state index in [-0.39, 0.29) is 0 Å². The molecule has 1 nitrogen and oxygen atoms in total. The van der Waals surface area contributed by atoms with E-state index in [0.717, 1.165) is 40.1 Å². The highest BCUT2D eigenvalue weighted by atomic mass is 35.5. The average Bonchev–Trinajstić information content (AvgIpc) is 2.56. The molecule has 2 aromatic carbocycles. The minimum Gasteiger partial charge on any atom is -0.370 e. The predicted molar refractivity (Wildman–Crippen MR) is 102 cm³/mol. The molecule has 0 heterocycles. The molecule has 0 aliphatic rings. The first-order valence-electron chi connectivity index (χ1n) is 8.10. The molecule has 0 N–H and O–H groups in total. The predicted octanol–water partition coefficient (Wildman–Crippen LogP) is 6.63. The van der Waals surface area contributed by atoms with Gasteiger partial charge in [0.25, 0.3) is 0 Å². The van der Waals surface area contributed by atoms with Crippen LogP contribution < -0.4 is 0 Å². The smallest absolute Gasteiger partial charge is 0.370 e. The van der Waals surface area contributed by atoms with Crippen LogP contribution in [0, 0.1) is 13.8 Å². The molecule has 0 saturated heterocycles. The van der Waals surface area contributed by atoms with Gasteiger partial charge in [-0.25, -0.2) is 0 Å². The monoisotopic (exact) mass is 379 g/mol. The Bertz CT molecular complexity index is 797. The van der Waals surface area contributed by atoms with Gasteiger partial charge in [-0.15, -0.1) is 0 Å². The third-order valence-electron chi connectivity index (χ3n) is 4.29. The second-order valence-corrected chi connectivity index (χ2v) is 6.65. The van der Waals surface area contributed by atoms with Gasteiger partial charge in [0.05, 0.1) is 5.56 Å². The lowest BCUT2D eigenvalue weighted by Gasteiger charge is -2.24. The fraction of sp³-hybridized carbons (Fsp3) is 0.238. The van der Waals surface area contributed by atoms with Crippen LogP contribution in [0.3, 0.4) is 0 Å². The maximum Gasteiger partial charge on any atom is 0.416 e. The van der Waals surface area contributed by atoms with E-state index >= 15 is 0 Å². The van der Waals surface area contributed by atoms with Gasteiger partial charge in [-0.3, -0.25) is 0 Å². The normalized spacial score (nSPS) is 12.2. The molecule has 0 bridgehead atoms. The number of nitrogens with zero attached hydrogens (tertiary/aromatic N) is 1. The van der Waals surface area contributed by atoms with Gasteiger partial charge >= 0.3 is 6.18 Å². The summed E-state index contributed by atoms with van der Waals surface area (Å²) in [5.41, 5.74) is 4.07. The molecular weight excluding hydrogens is 359 g/mol. The molecule has 0 aliphatic carbocycles. The maximum absolute atomic E-state index is 12.7. The molecule has 0 saturated carbocycles. The third-order valence-corrected chi connectivity index (χ3v) is 4.68. The molecule has 0 radical (unpaired) electrons. The zero-order valence-corrected chi connectivity index (χ0v) is 15.7. The molecule has 5 heteroatoms. The van der Waals surface area contributed by atoms with Crippen LogP contribution in [-0.4, -0.2) is 11.9 Å². The molecule has 0 unspecified atom stereocenters. The third kappa shape index (κ3) is 4.70. The van der Waals surface area contributed by atoms with Crippen molar-refractivity contribution < 1.29 is 13.2 Å². The largest absolute Gasteiger partial charge is 0.416 e. The highest BCUT2D eigenvalue weighted by Gasteiger charge is 2.29. The van der Waals surface area contributed by atoms with Crippen molar-refractivity contribution in [2.75, 3.05) is 7.05 Å². The van der Waals surface area contributed by atoms with Gasteiger partial charge in [-0.05, 0) is 66.4 Å². The summed E-state index contributed by atoms with van der Waals surface area (Å²) in [6.07, 6.45) is -0.777. The zero-order chi connectivity index (χ0) is 19.5. The summed E-state index contributed by atoms with van der Waals surface area (Å²) < 4.78 is 38.1. The van der Waals surface area contributed by atoms with Crippen LogP contribution in [-0.2, 0) is 12.7 Å². The Morgan fingerprint density at radius 2 is 1.77 bits per heavy atom. The van der Waals surface area contributed by atoms with Crippen LogP contribution in [0.15, 0.2) is 55.1 Å². The average molecular weight is 380 g/mol. The lowest BCUT2D eigenvalue weighted by Crippen LogP contribution is -2.17. The molecular formula is C21H21ClF3N. The van der Waals surface area contributed by atoms with E-state index in [9.17, 15) is 13.2 Å². The molecule has 0 aliphatic heterocycles. The number of hydrogen-bond donors (Lipinski definition) is 0. The maximum atomic E-state index is 12.7. The number of halogens is 4. The molecule has 0 aromatic heterocycles. The Kier molecular flexibility index (Phi) is 6.19. The Labute approximate surface area is 157 Å². The van der Waals surface area contributed by atoms with Gasteiger partial charge < -0.3 is 4.90 Å². The van der Waals surface area contributed by atoms with Crippen LogP contribution in [0.5, 0.6) is 0 Å². The summed E-state index contributed by atoms with van der Waals surface area (Å²) in [6, 6.07) is 9.14. The minimum absolute atomic E-state index is 0.461. The highest BCUT2D eigenvalue weighted by Crippen LogP contribution is 2.30. The van der Waals surface area contributed by atoms with Crippen LogP contribution >= 0.6 is 11.6 Å². The molecule has 0 amide bonds. The number of benzene rings is 2. The second kappa shape index (κ2) is 8.00. The van der Waals surface area contributed by atoms with Crippen LogP contribution in [0.2, 0.25) is 5.02 Å². The SMILES string of the molecule is C=C/C=C(/c1cc(C)c(C)c(Cl)c1)N(C)Cc1ccc(C(F)(F)F)cc1. The summed E-state index contributed by atoms with van der Waals surface area (Å²) in [7, 11) is 1.89. The Hall–Kier alpha value is -2.20. The molecule has 0 atom stereocenters. The van der Waals surface area contributed by atoms with E-state index in [1.54, 1.807) is 6.08 Å². The first kappa shape index (κ1) is 20.1. The van der Waals surface area contributed by atoms with Crippen molar-refractivity contribution in [1.29, 1.82) is 0 Å². The summed E-state index contributed by atoms with van der Waals surface area (Å²) >= 11 is 6.31. The molecule has 0 fully saturated rings. The fourth-order valence-electron chi connectivity index (χ4n) is 2.68. The minimum atomic E-state index is -4.32. The van der Waals surface area contributed by atoms with Crippen molar-refractivity contribution in [3.05, 3.63) is 88.0 Å². The lowest BCUT2D eigenvalue weighted by atomic mass is 10.0. The summed E-state index contributed by atoms with van der Waals surface area (Å²) in [4.78, 5) is 1.96. The van der Waals surface area contributed by atoms with Crippen molar-refractivity contribution in [2.24, 2.45) is 0 Å². The molecule has 0 spiro atoms. The van der Waals surface area contributed by atoms with Gasteiger partial charge in [-0.2, -0.15) is 13.2 Å². The number of aryl methyl sites for hydroxylation is 1. The first-order chi connectivity index (χ1) is 12.1. The van der Waals surface area contributed by atoms with Gasteiger partial charge in [0.15, 0.2) is 0 Å². The highest BCUT2D eigenvalue weighted by molar-refractivity contribution is 6.31. The number of rotatable bonds is 5. The standard InChI is InChI=1S/C21H21ClF3N/c1-5-6-20(17-11-14(2)15(3)19(22)12-17)26(4)13-16-7-9-18(10-8-16)21(23,24)25/h5-12H,1,13H2,2-4H3/b20-6-. The van der Waals surface area contributed by atoms with Crippen LogP contribution in [0.25, 0.3) is 5.70 Å². The summed E-state index contributed by atoms with van der Waals surface area (Å²) in [5.74, 6) is 0. The van der Waals surface area contributed by atoms with E-state index in [2.05, 4.69) is 6.58 Å². The van der Waals surface area contributed by atoms with Gasteiger partial charge in [0, 0.05) is 24.3 Å². The quantitative estimate of drug-likeness (QED) is 0.526. The second-order valence-electron chi connectivity index (χ2n) is 6.24. The lowest BCUT2D eigenvalue weighted by molar-refractivity contribution is -0.137. The van der Waals surface area contributed by atoms with E-state index in [1.165, 1.54) is 12.1 Å². The molecule has 138 valence electrons. The molecule has 2 aromatic rings.